The molecule has 1 aromatic rings. The topological polar surface area (TPSA) is 35.5 Å². The van der Waals surface area contributed by atoms with Crippen molar-refractivity contribution in [2.24, 2.45) is 0 Å². The number of ether oxygens (including phenoxy) is 2. The van der Waals surface area contributed by atoms with Crippen LogP contribution in [0.1, 0.15) is 32.3 Å². The molecular weight excluding hydrogens is 252 g/mol. The van der Waals surface area contributed by atoms with Crippen LogP contribution in [0.25, 0.3) is 5.57 Å². The third kappa shape index (κ3) is 3.10. The molecule has 3 nitrogen and oxygen atoms in total. The van der Waals surface area contributed by atoms with E-state index in [-0.39, 0.29) is 5.97 Å². The van der Waals surface area contributed by atoms with Gasteiger partial charge in [0.2, 0.25) is 0 Å². The Balaban J connectivity index is 2.42. The molecule has 0 saturated heterocycles. The van der Waals surface area contributed by atoms with Crippen LogP contribution in [0.5, 0.6) is 5.75 Å². The lowest BCUT2D eigenvalue weighted by atomic mass is 9.89. The second-order valence-electron chi connectivity index (χ2n) is 4.83. The van der Waals surface area contributed by atoms with E-state index in [9.17, 15) is 4.79 Å². The second kappa shape index (κ2) is 6.42. The van der Waals surface area contributed by atoms with Crippen LogP contribution in [0.2, 0.25) is 0 Å². The summed E-state index contributed by atoms with van der Waals surface area (Å²) in [5.74, 6) is 0.602. The lowest BCUT2D eigenvalue weighted by Gasteiger charge is -2.18. The molecule has 0 spiro atoms. The van der Waals surface area contributed by atoms with Crippen molar-refractivity contribution in [2.75, 3.05) is 13.7 Å². The van der Waals surface area contributed by atoms with Crippen molar-refractivity contribution in [3.05, 3.63) is 47.1 Å². The lowest BCUT2D eigenvalue weighted by molar-refractivity contribution is -0.138. The van der Waals surface area contributed by atoms with Crippen molar-refractivity contribution >= 4 is 11.5 Å². The van der Waals surface area contributed by atoms with Crippen LogP contribution in [0.4, 0.5) is 0 Å². The number of allylic oxidation sites excluding steroid dienone is 3. The van der Waals surface area contributed by atoms with Crippen LogP contribution in [0.15, 0.2) is 41.5 Å². The Morgan fingerprint density at radius 3 is 2.50 bits per heavy atom. The normalized spacial score (nSPS) is 14.8. The van der Waals surface area contributed by atoms with Crippen molar-refractivity contribution in [1.29, 1.82) is 0 Å². The van der Waals surface area contributed by atoms with Crippen LogP contribution >= 0.6 is 0 Å². The fourth-order valence-electron chi connectivity index (χ4n) is 2.32. The Labute approximate surface area is 119 Å². The van der Waals surface area contributed by atoms with Crippen molar-refractivity contribution < 1.29 is 14.3 Å². The maximum absolute atomic E-state index is 12.1. The van der Waals surface area contributed by atoms with Gasteiger partial charge in [0.15, 0.2) is 0 Å². The third-order valence-electron chi connectivity index (χ3n) is 3.41. The zero-order chi connectivity index (χ0) is 14.5. The van der Waals surface area contributed by atoms with Gasteiger partial charge in [-0.1, -0.05) is 23.8 Å². The van der Waals surface area contributed by atoms with E-state index >= 15 is 0 Å². The Kier molecular flexibility index (Phi) is 4.61. The van der Waals surface area contributed by atoms with E-state index in [1.807, 2.05) is 31.2 Å². The van der Waals surface area contributed by atoms with E-state index in [1.165, 1.54) is 5.57 Å². The van der Waals surface area contributed by atoms with Gasteiger partial charge in [0.1, 0.15) is 5.75 Å². The van der Waals surface area contributed by atoms with E-state index in [0.717, 1.165) is 35.3 Å². The number of carbonyl (C=O) groups excluding carboxylic acids is 1. The summed E-state index contributed by atoms with van der Waals surface area (Å²) in [5.41, 5.74) is 4.04. The van der Waals surface area contributed by atoms with Gasteiger partial charge >= 0.3 is 5.97 Å². The highest BCUT2D eigenvalue weighted by Crippen LogP contribution is 2.32. The molecule has 1 aliphatic rings. The van der Waals surface area contributed by atoms with Gasteiger partial charge in [-0.2, -0.15) is 0 Å². The number of hydrogen-bond acceptors (Lipinski definition) is 3. The van der Waals surface area contributed by atoms with Gasteiger partial charge in [-0.05, 0) is 50.0 Å². The first kappa shape index (κ1) is 14.4. The van der Waals surface area contributed by atoms with Gasteiger partial charge < -0.3 is 9.47 Å². The summed E-state index contributed by atoms with van der Waals surface area (Å²) < 4.78 is 10.3. The predicted octanol–water partition coefficient (Wildman–Crippen LogP) is 3.75. The molecule has 1 aromatic carbocycles. The van der Waals surface area contributed by atoms with Crippen molar-refractivity contribution in [2.45, 2.75) is 26.7 Å². The lowest BCUT2D eigenvalue weighted by Crippen LogP contribution is -2.12. The van der Waals surface area contributed by atoms with Crippen LogP contribution in [-0.4, -0.2) is 19.7 Å². The molecule has 106 valence electrons. The van der Waals surface area contributed by atoms with Gasteiger partial charge in [-0.3, -0.25) is 0 Å². The minimum Gasteiger partial charge on any atom is -0.497 e. The fourth-order valence-corrected chi connectivity index (χ4v) is 2.32. The maximum Gasteiger partial charge on any atom is 0.334 e. The van der Waals surface area contributed by atoms with Gasteiger partial charge in [-0.25, -0.2) is 4.79 Å². The summed E-state index contributed by atoms with van der Waals surface area (Å²) in [5, 5.41) is 0. The van der Waals surface area contributed by atoms with Gasteiger partial charge in [0, 0.05) is 5.57 Å². The number of hydrogen-bond donors (Lipinski definition) is 0. The van der Waals surface area contributed by atoms with Crippen LogP contribution in [-0.2, 0) is 9.53 Å². The molecule has 0 unspecified atom stereocenters. The molecular formula is C17H20O3. The van der Waals surface area contributed by atoms with Gasteiger partial charge in [-0.15, -0.1) is 0 Å². The predicted molar refractivity (Wildman–Crippen MR) is 79.5 cm³/mol. The fraction of sp³-hybridized carbons (Fsp3) is 0.353. The molecule has 20 heavy (non-hydrogen) atoms. The number of rotatable bonds is 4. The monoisotopic (exact) mass is 272 g/mol. The van der Waals surface area contributed by atoms with E-state index < -0.39 is 0 Å². The Morgan fingerprint density at radius 1 is 1.20 bits per heavy atom. The first-order chi connectivity index (χ1) is 9.65. The van der Waals surface area contributed by atoms with Crippen LogP contribution in [0.3, 0.4) is 0 Å². The average molecular weight is 272 g/mol. The summed E-state index contributed by atoms with van der Waals surface area (Å²) in [6, 6.07) is 7.76. The molecule has 0 fully saturated rings. The molecule has 0 heterocycles. The molecule has 0 radical (unpaired) electrons. The van der Waals surface area contributed by atoms with Gasteiger partial charge in [0.25, 0.3) is 0 Å². The number of carbonyl (C=O) groups is 1. The van der Waals surface area contributed by atoms with E-state index in [0.29, 0.717) is 6.61 Å². The molecule has 0 aliphatic heterocycles. The molecule has 0 bridgehead atoms. The molecule has 0 saturated carbocycles. The molecule has 0 amide bonds. The van der Waals surface area contributed by atoms with Gasteiger partial charge in [0.05, 0.1) is 13.7 Å². The van der Waals surface area contributed by atoms with Crippen LogP contribution in [0, 0.1) is 0 Å². The molecule has 1 aliphatic carbocycles. The van der Waals surface area contributed by atoms with E-state index in [4.69, 9.17) is 9.47 Å². The summed E-state index contributed by atoms with van der Waals surface area (Å²) in [7, 11) is 1.64. The Bertz CT molecular complexity index is 550. The Hall–Kier alpha value is -2.03. The van der Waals surface area contributed by atoms with E-state index in [2.05, 4.69) is 13.0 Å². The number of methoxy groups -OCH3 is 1. The van der Waals surface area contributed by atoms with Crippen molar-refractivity contribution in [1.82, 2.24) is 0 Å². The van der Waals surface area contributed by atoms with E-state index in [1.54, 1.807) is 7.11 Å². The largest absolute Gasteiger partial charge is 0.497 e. The minimum atomic E-state index is -0.206. The molecule has 2 rings (SSSR count). The number of benzene rings is 1. The van der Waals surface area contributed by atoms with Crippen molar-refractivity contribution in [3.8, 4) is 5.75 Å². The second-order valence-corrected chi connectivity index (χ2v) is 4.83. The zero-order valence-corrected chi connectivity index (χ0v) is 12.2. The SMILES string of the molecule is CCOC(=O)C1=C(c2ccc(OC)cc2)C=C(C)CC1. The van der Waals surface area contributed by atoms with Crippen LogP contribution < -0.4 is 4.74 Å². The molecule has 0 aromatic heterocycles. The standard InChI is InChI=1S/C17H20O3/c1-4-20-17(18)15-10-5-12(2)11-16(15)13-6-8-14(19-3)9-7-13/h6-9,11H,4-5,10H2,1-3H3. The summed E-state index contributed by atoms with van der Waals surface area (Å²) >= 11 is 0. The third-order valence-corrected chi connectivity index (χ3v) is 3.41. The maximum atomic E-state index is 12.1. The number of esters is 1. The molecule has 0 N–H and O–H groups in total. The first-order valence-electron chi connectivity index (χ1n) is 6.87. The quantitative estimate of drug-likeness (QED) is 0.783. The average Bonchev–Trinajstić information content (AvgIpc) is 2.47. The zero-order valence-electron chi connectivity index (χ0n) is 12.2. The smallest absolute Gasteiger partial charge is 0.334 e. The van der Waals surface area contributed by atoms with Crippen molar-refractivity contribution in [3.63, 3.8) is 0 Å². The highest BCUT2D eigenvalue weighted by atomic mass is 16.5. The Morgan fingerprint density at radius 2 is 1.90 bits per heavy atom. The molecule has 3 heteroatoms. The summed E-state index contributed by atoms with van der Waals surface area (Å²) in [6.45, 7) is 4.32. The minimum absolute atomic E-state index is 0.206. The summed E-state index contributed by atoms with van der Waals surface area (Å²) in [6.07, 6.45) is 3.73. The first-order valence-corrected chi connectivity index (χ1v) is 6.87. The highest BCUT2D eigenvalue weighted by Gasteiger charge is 2.20. The highest BCUT2D eigenvalue weighted by molar-refractivity contribution is 6.00. The molecule has 0 atom stereocenters. The summed E-state index contributed by atoms with van der Waals surface area (Å²) in [4.78, 5) is 12.1.